The number of primary amides is 1. The van der Waals surface area contributed by atoms with Gasteiger partial charge in [0.1, 0.15) is 10.9 Å². The second-order valence-electron chi connectivity index (χ2n) is 4.39. The number of rotatable bonds is 6. The van der Waals surface area contributed by atoms with Crippen molar-refractivity contribution >= 4 is 33.3 Å². The molecule has 0 saturated heterocycles. The van der Waals surface area contributed by atoms with Gasteiger partial charge in [-0.05, 0) is 12.0 Å². The lowest BCUT2D eigenvalue weighted by Gasteiger charge is -2.19. The van der Waals surface area contributed by atoms with Gasteiger partial charge in [-0.3, -0.25) is 4.79 Å². The number of carbonyl (C=O) groups excluding carboxylic acids is 1. The monoisotopic (exact) mass is 321 g/mol. The lowest BCUT2D eigenvalue weighted by atomic mass is 10.1. The van der Waals surface area contributed by atoms with E-state index in [1.54, 1.807) is 13.8 Å². The Labute approximate surface area is 121 Å². The first kappa shape index (κ1) is 16.6. The van der Waals surface area contributed by atoms with Crippen LogP contribution in [0.1, 0.15) is 13.8 Å². The van der Waals surface area contributed by atoms with Gasteiger partial charge in [0.25, 0.3) is 0 Å². The first-order valence-electron chi connectivity index (χ1n) is 5.63. The second kappa shape index (κ2) is 6.35. The maximum Gasteiger partial charge on any atom is 0.242 e. The van der Waals surface area contributed by atoms with Gasteiger partial charge in [-0.15, -0.1) is 0 Å². The Bertz CT molecular complexity index is 605. The number of nitrogens with one attached hydrogen (secondary N) is 2. The molecule has 0 aromatic carbocycles. The van der Waals surface area contributed by atoms with Crippen molar-refractivity contribution in [2.45, 2.75) is 24.8 Å². The predicted molar refractivity (Wildman–Crippen MR) is 75.2 cm³/mol. The molecule has 0 spiro atoms. The number of aromatic nitrogens is 1. The molecule has 20 heavy (non-hydrogen) atoms. The van der Waals surface area contributed by atoms with Crippen molar-refractivity contribution in [3.05, 3.63) is 17.3 Å². The third kappa shape index (κ3) is 3.79. The topological polar surface area (TPSA) is 140 Å². The van der Waals surface area contributed by atoms with Crippen molar-refractivity contribution in [1.29, 1.82) is 0 Å². The number of halogens is 1. The molecule has 0 fully saturated rings. The average molecular weight is 322 g/mol. The van der Waals surface area contributed by atoms with Crippen LogP contribution in [0.3, 0.4) is 0 Å². The molecule has 1 aromatic rings. The summed E-state index contributed by atoms with van der Waals surface area (Å²) in [5, 5.41) is 0.0375. The number of amides is 1. The van der Waals surface area contributed by atoms with Gasteiger partial charge in [-0.2, -0.15) is 4.72 Å². The molecule has 0 aliphatic rings. The molecule has 112 valence electrons. The summed E-state index contributed by atoms with van der Waals surface area (Å²) in [4.78, 5) is 14.8. The maximum atomic E-state index is 12.1. The normalized spacial score (nSPS) is 13.2. The Kier molecular flexibility index (Phi) is 5.28. The average Bonchev–Trinajstić information content (AvgIpc) is 2.35. The number of pyridine rings is 1. The quantitative estimate of drug-likeness (QED) is 0.423. The number of hydrogen-bond donors (Lipinski definition) is 4. The largest absolute Gasteiger partial charge is 0.368 e. The van der Waals surface area contributed by atoms with Gasteiger partial charge < -0.3 is 11.2 Å². The van der Waals surface area contributed by atoms with E-state index in [1.807, 2.05) is 0 Å². The number of nitrogens with two attached hydrogens (primary N) is 2. The Morgan fingerprint density at radius 3 is 2.45 bits per heavy atom. The number of sulfonamides is 1. The lowest BCUT2D eigenvalue weighted by molar-refractivity contribution is -0.120. The molecule has 1 aromatic heterocycles. The fourth-order valence-electron chi connectivity index (χ4n) is 1.43. The van der Waals surface area contributed by atoms with Gasteiger partial charge in [0.2, 0.25) is 15.9 Å². The van der Waals surface area contributed by atoms with Gasteiger partial charge in [0, 0.05) is 6.20 Å². The van der Waals surface area contributed by atoms with Crippen molar-refractivity contribution < 1.29 is 13.2 Å². The molecule has 10 heteroatoms. The van der Waals surface area contributed by atoms with E-state index in [-0.39, 0.29) is 21.7 Å². The first-order chi connectivity index (χ1) is 9.19. The highest BCUT2D eigenvalue weighted by molar-refractivity contribution is 7.89. The van der Waals surface area contributed by atoms with Gasteiger partial charge >= 0.3 is 0 Å². The van der Waals surface area contributed by atoms with E-state index >= 15 is 0 Å². The minimum atomic E-state index is -3.96. The van der Waals surface area contributed by atoms with Crippen molar-refractivity contribution in [3.63, 3.8) is 0 Å². The third-order valence-corrected chi connectivity index (χ3v) is 4.21. The zero-order valence-corrected chi connectivity index (χ0v) is 12.5. The van der Waals surface area contributed by atoms with E-state index in [4.69, 9.17) is 23.2 Å². The summed E-state index contributed by atoms with van der Waals surface area (Å²) < 4.78 is 26.5. The molecule has 1 unspecified atom stereocenters. The molecule has 1 amide bonds. The SMILES string of the molecule is CC(C)C(NS(=O)(=O)c1cnc(NN)c(Cl)c1)C(N)=O. The van der Waals surface area contributed by atoms with E-state index in [0.717, 1.165) is 6.20 Å². The molecule has 0 bridgehead atoms. The molecule has 8 nitrogen and oxygen atoms in total. The molecular weight excluding hydrogens is 306 g/mol. The van der Waals surface area contributed by atoms with Crippen molar-refractivity contribution in [2.24, 2.45) is 17.5 Å². The number of anilines is 1. The van der Waals surface area contributed by atoms with E-state index in [9.17, 15) is 13.2 Å². The molecule has 1 atom stereocenters. The lowest BCUT2D eigenvalue weighted by Crippen LogP contribution is -2.47. The molecule has 0 saturated carbocycles. The predicted octanol–water partition coefficient (Wildman–Crippen LogP) is -0.191. The van der Waals surface area contributed by atoms with Crippen LogP contribution in [0.4, 0.5) is 5.82 Å². The number of nitrogen functional groups attached to an aromatic ring is 1. The Hall–Kier alpha value is -1.42. The zero-order chi connectivity index (χ0) is 15.5. The van der Waals surface area contributed by atoms with Gasteiger partial charge in [0.05, 0.1) is 5.02 Å². The van der Waals surface area contributed by atoms with Crippen LogP contribution in [0, 0.1) is 5.92 Å². The number of hydrogen-bond acceptors (Lipinski definition) is 6. The fourth-order valence-corrected chi connectivity index (χ4v) is 3.04. The van der Waals surface area contributed by atoms with Crippen LogP contribution in [-0.4, -0.2) is 25.4 Å². The Morgan fingerprint density at radius 2 is 2.05 bits per heavy atom. The van der Waals surface area contributed by atoms with Crippen LogP contribution in [0.25, 0.3) is 0 Å². The van der Waals surface area contributed by atoms with Crippen LogP contribution < -0.4 is 21.7 Å². The van der Waals surface area contributed by atoms with Crippen LogP contribution in [0.5, 0.6) is 0 Å². The fraction of sp³-hybridized carbons (Fsp3) is 0.400. The minimum absolute atomic E-state index is 0.0375. The minimum Gasteiger partial charge on any atom is -0.368 e. The van der Waals surface area contributed by atoms with Crippen molar-refractivity contribution in [3.8, 4) is 0 Å². The molecule has 6 N–H and O–H groups in total. The molecular formula is C10H16ClN5O3S. The van der Waals surface area contributed by atoms with E-state index in [2.05, 4.69) is 15.1 Å². The smallest absolute Gasteiger partial charge is 0.242 e. The van der Waals surface area contributed by atoms with Crippen LogP contribution in [0.15, 0.2) is 17.2 Å². The van der Waals surface area contributed by atoms with E-state index in [1.165, 1.54) is 6.07 Å². The molecule has 1 heterocycles. The second-order valence-corrected chi connectivity index (χ2v) is 6.51. The van der Waals surface area contributed by atoms with Crippen molar-refractivity contribution in [1.82, 2.24) is 9.71 Å². The summed E-state index contributed by atoms with van der Waals surface area (Å²) in [6.45, 7) is 3.34. The van der Waals surface area contributed by atoms with Crippen LogP contribution >= 0.6 is 11.6 Å². The van der Waals surface area contributed by atoms with Crippen molar-refractivity contribution in [2.75, 3.05) is 5.43 Å². The van der Waals surface area contributed by atoms with E-state index in [0.29, 0.717) is 0 Å². The summed E-state index contributed by atoms with van der Waals surface area (Å²) in [5.74, 6) is 4.23. The summed E-state index contributed by atoms with van der Waals surface area (Å²) in [5.41, 5.74) is 7.38. The summed E-state index contributed by atoms with van der Waals surface area (Å²) in [7, 11) is -3.96. The molecule has 0 aliphatic heterocycles. The number of hydrazine groups is 1. The number of carbonyl (C=O) groups is 1. The van der Waals surface area contributed by atoms with Crippen LogP contribution in [0.2, 0.25) is 5.02 Å². The molecule has 1 rings (SSSR count). The highest BCUT2D eigenvalue weighted by Gasteiger charge is 2.27. The van der Waals surface area contributed by atoms with Crippen LogP contribution in [-0.2, 0) is 14.8 Å². The maximum absolute atomic E-state index is 12.1. The Balaban J connectivity index is 3.11. The summed E-state index contributed by atoms with van der Waals surface area (Å²) >= 11 is 5.81. The van der Waals surface area contributed by atoms with Gasteiger partial charge in [-0.25, -0.2) is 19.2 Å². The highest BCUT2D eigenvalue weighted by atomic mass is 35.5. The molecule has 0 aliphatic carbocycles. The van der Waals surface area contributed by atoms with Gasteiger partial charge in [0.15, 0.2) is 5.82 Å². The van der Waals surface area contributed by atoms with Gasteiger partial charge in [-0.1, -0.05) is 25.4 Å². The summed E-state index contributed by atoms with van der Waals surface area (Å²) in [6.07, 6.45) is 1.07. The third-order valence-electron chi connectivity index (χ3n) is 2.52. The van der Waals surface area contributed by atoms with E-state index < -0.39 is 22.0 Å². The first-order valence-corrected chi connectivity index (χ1v) is 7.49. The summed E-state index contributed by atoms with van der Waals surface area (Å²) in [6, 6.07) is 0.149. The highest BCUT2D eigenvalue weighted by Crippen LogP contribution is 2.22. The number of nitrogens with zero attached hydrogens (tertiary/aromatic N) is 1. The standard InChI is InChI=1S/C10H16ClN5O3S/c1-5(2)8(9(12)17)16-20(18,19)6-3-7(11)10(15-13)14-4-6/h3-5,8,16H,13H2,1-2H3,(H2,12,17)(H,14,15). The Morgan fingerprint density at radius 1 is 1.45 bits per heavy atom. The molecule has 0 radical (unpaired) electrons. The zero-order valence-electron chi connectivity index (χ0n) is 10.9.